The lowest BCUT2D eigenvalue weighted by Crippen LogP contribution is -2.47. The molecular weight excluding hydrogens is 470 g/mol. The molecule has 37 heavy (non-hydrogen) atoms. The molecule has 7 heteroatoms. The molecule has 1 aromatic rings. The van der Waals surface area contributed by atoms with Crippen LogP contribution < -0.4 is 10.1 Å². The second kappa shape index (κ2) is 14.0. The predicted octanol–water partition coefficient (Wildman–Crippen LogP) is 6.10. The molecule has 1 amide bonds. The summed E-state index contributed by atoms with van der Waals surface area (Å²) in [5.41, 5.74) is 1.68. The van der Waals surface area contributed by atoms with Gasteiger partial charge in [0, 0.05) is 20.1 Å². The molecule has 2 rings (SSSR count). The smallest absolute Gasteiger partial charge is 0.408 e. The van der Waals surface area contributed by atoms with Crippen LogP contribution in [0.25, 0.3) is 0 Å². The molecule has 7 nitrogen and oxygen atoms in total. The van der Waals surface area contributed by atoms with Gasteiger partial charge in [0.25, 0.3) is 0 Å². The number of hydrogen-bond donors (Lipinski definition) is 1. The summed E-state index contributed by atoms with van der Waals surface area (Å²) >= 11 is 0. The summed E-state index contributed by atoms with van der Waals surface area (Å²) in [6.45, 7) is 17.3. The number of rotatable bonds is 13. The highest BCUT2D eigenvalue weighted by Gasteiger charge is 2.42. The summed E-state index contributed by atoms with van der Waals surface area (Å²) in [5.74, 6) is 1.36. The van der Waals surface area contributed by atoms with Crippen LogP contribution >= 0.6 is 0 Å². The molecule has 1 saturated heterocycles. The van der Waals surface area contributed by atoms with Gasteiger partial charge in [-0.15, -0.1) is 0 Å². The Balaban J connectivity index is 2.20. The van der Waals surface area contributed by atoms with E-state index in [1.807, 2.05) is 34.6 Å². The molecule has 210 valence electrons. The first-order valence-corrected chi connectivity index (χ1v) is 13.7. The molecule has 1 heterocycles. The molecule has 0 saturated carbocycles. The van der Waals surface area contributed by atoms with Crippen LogP contribution in [0.15, 0.2) is 18.2 Å². The molecule has 0 aromatic heterocycles. The Morgan fingerprint density at radius 1 is 1.16 bits per heavy atom. The zero-order valence-corrected chi connectivity index (χ0v) is 24.4. The van der Waals surface area contributed by atoms with Gasteiger partial charge in [-0.2, -0.15) is 0 Å². The Hall–Kier alpha value is -2.28. The summed E-state index contributed by atoms with van der Waals surface area (Å²) in [5, 5.41) is 3.05. The number of hydrogen-bond acceptors (Lipinski definition) is 6. The Bertz CT molecular complexity index is 875. The Morgan fingerprint density at radius 2 is 1.86 bits per heavy atom. The molecule has 0 aliphatic carbocycles. The molecule has 0 radical (unpaired) electrons. The van der Waals surface area contributed by atoms with Gasteiger partial charge < -0.3 is 24.3 Å². The maximum absolute atomic E-state index is 12.8. The minimum atomic E-state index is -0.611. The zero-order chi connectivity index (χ0) is 27.8. The van der Waals surface area contributed by atoms with Gasteiger partial charge in [-0.1, -0.05) is 39.8 Å². The molecule has 1 fully saturated rings. The number of carbonyl (C=O) groups is 2. The van der Waals surface area contributed by atoms with Crippen molar-refractivity contribution in [3.63, 3.8) is 0 Å². The summed E-state index contributed by atoms with van der Waals surface area (Å²) in [6, 6.07) is 6.04. The predicted molar refractivity (Wildman–Crippen MR) is 146 cm³/mol. The lowest BCUT2D eigenvalue weighted by molar-refractivity contribution is -0.146. The third-order valence-corrected chi connectivity index (χ3v) is 7.01. The SMILES string of the molecule is COCCCOc1cc(C[C@H](C[C@H](NC(=O)OC(C)(C)C)C2C[C@@H](C(C)C)C(=O)O2)C(C)C)ccc1C. The van der Waals surface area contributed by atoms with Gasteiger partial charge in [-0.3, -0.25) is 4.79 Å². The number of methoxy groups -OCH3 is 1. The normalized spacial score (nSPS) is 19.6. The number of cyclic esters (lactones) is 1. The van der Waals surface area contributed by atoms with Crippen LogP contribution in [0.3, 0.4) is 0 Å². The highest BCUT2D eigenvalue weighted by molar-refractivity contribution is 5.75. The first kappa shape index (κ1) is 30.9. The van der Waals surface area contributed by atoms with Crippen LogP contribution in [0.1, 0.15) is 78.9 Å². The number of carbonyl (C=O) groups excluding carboxylic acids is 2. The van der Waals surface area contributed by atoms with Crippen molar-refractivity contribution in [3.8, 4) is 5.75 Å². The third-order valence-electron chi connectivity index (χ3n) is 7.01. The van der Waals surface area contributed by atoms with Crippen molar-refractivity contribution in [3.05, 3.63) is 29.3 Å². The summed E-state index contributed by atoms with van der Waals surface area (Å²) in [4.78, 5) is 25.3. The van der Waals surface area contributed by atoms with E-state index >= 15 is 0 Å². The minimum Gasteiger partial charge on any atom is -0.493 e. The molecule has 0 bridgehead atoms. The van der Waals surface area contributed by atoms with Crippen LogP contribution in [0, 0.1) is 30.6 Å². The van der Waals surface area contributed by atoms with E-state index < -0.39 is 11.7 Å². The number of amides is 1. The third kappa shape index (κ3) is 10.2. The fraction of sp³-hybridized carbons (Fsp3) is 0.733. The molecule has 1 aromatic carbocycles. The fourth-order valence-electron chi connectivity index (χ4n) is 4.72. The van der Waals surface area contributed by atoms with Crippen molar-refractivity contribution in [1.29, 1.82) is 0 Å². The molecule has 1 aliphatic heterocycles. The van der Waals surface area contributed by atoms with E-state index in [0.717, 1.165) is 24.2 Å². The molecule has 0 spiro atoms. The van der Waals surface area contributed by atoms with E-state index in [4.69, 9.17) is 18.9 Å². The monoisotopic (exact) mass is 519 g/mol. The second-order valence-electron chi connectivity index (χ2n) is 12.1. The topological polar surface area (TPSA) is 83.1 Å². The lowest BCUT2D eigenvalue weighted by atomic mass is 9.81. The number of aryl methyl sites for hydroxylation is 1. The van der Waals surface area contributed by atoms with Gasteiger partial charge in [-0.25, -0.2) is 4.79 Å². The summed E-state index contributed by atoms with van der Waals surface area (Å²) in [6.07, 6.45) is 2.10. The van der Waals surface area contributed by atoms with Gasteiger partial charge >= 0.3 is 12.1 Å². The molecule has 1 unspecified atom stereocenters. The average Bonchev–Trinajstić information content (AvgIpc) is 3.18. The van der Waals surface area contributed by atoms with Gasteiger partial charge in [0.15, 0.2) is 0 Å². The highest BCUT2D eigenvalue weighted by atomic mass is 16.6. The van der Waals surface area contributed by atoms with Crippen molar-refractivity contribution >= 4 is 12.1 Å². The fourth-order valence-corrected chi connectivity index (χ4v) is 4.72. The maximum Gasteiger partial charge on any atom is 0.408 e. The first-order valence-electron chi connectivity index (χ1n) is 13.7. The Labute approximate surface area is 224 Å². The van der Waals surface area contributed by atoms with Gasteiger partial charge in [-0.05, 0) is 81.9 Å². The average molecular weight is 520 g/mol. The zero-order valence-electron chi connectivity index (χ0n) is 24.4. The van der Waals surface area contributed by atoms with E-state index in [2.05, 4.69) is 44.3 Å². The Morgan fingerprint density at radius 3 is 2.43 bits per heavy atom. The number of ether oxygens (including phenoxy) is 4. The van der Waals surface area contributed by atoms with Gasteiger partial charge in [0.2, 0.25) is 0 Å². The Kier molecular flexibility index (Phi) is 11.7. The van der Waals surface area contributed by atoms with Crippen molar-refractivity contribution in [2.45, 2.75) is 98.8 Å². The number of alkyl carbamates (subject to hydrolysis) is 1. The number of esters is 1. The van der Waals surface area contributed by atoms with Crippen molar-refractivity contribution < 1.29 is 28.5 Å². The quantitative estimate of drug-likeness (QED) is 0.251. The first-order chi connectivity index (χ1) is 17.3. The van der Waals surface area contributed by atoms with Crippen LogP contribution in [-0.4, -0.2) is 50.1 Å². The molecule has 4 atom stereocenters. The highest BCUT2D eigenvalue weighted by Crippen LogP contribution is 2.33. The van der Waals surface area contributed by atoms with Crippen molar-refractivity contribution in [2.24, 2.45) is 23.7 Å². The van der Waals surface area contributed by atoms with Crippen LogP contribution in [-0.2, 0) is 25.4 Å². The van der Waals surface area contributed by atoms with E-state index in [9.17, 15) is 9.59 Å². The second-order valence-corrected chi connectivity index (χ2v) is 12.1. The van der Waals surface area contributed by atoms with E-state index in [1.165, 1.54) is 5.56 Å². The van der Waals surface area contributed by atoms with Gasteiger partial charge in [0.1, 0.15) is 17.5 Å². The van der Waals surface area contributed by atoms with E-state index in [-0.39, 0.29) is 35.9 Å². The number of nitrogens with one attached hydrogen (secondary N) is 1. The number of benzene rings is 1. The minimum absolute atomic E-state index is 0.152. The van der Waals surface area contributed by atoms with E-state index in [0.29, 0.717) is 32.0 Å². The molecular formula is C30H49NO6. The standard InChI is InChI=1S/C30H49NO6/c1-19(2)23(15-22-12-11-21(5)26(16-22)35-14-10-13-34-9)17-25(31-29(33)37-30(6,7)8)27-18-24(20(3)4)28(32)36-27/h11-12,16,19-20,23-25,27H,10,13-15,17-18H2,1-9H3,(H,31,33)/t23-,24+,25+,27?/m1/s1. The van der Waals surface area contributed by atoms with Gasteiger partial charge in [0.05, 0.1) is 18.6 Å². The molecule has 1 aliphatic rings. The summed E-state index contributed by atoms with van der Waals surface area (Å²) < 4.78 is 22.5. The van der Waals surface area contributed by atoms with Crippen LogP contribution in [0.5, 0.6) is 5.75 Å². The maximum atomic E-state index is 12.8. The van der Waals surface area contributed by atoms with Crippen LogP contribution in [0.4, 0.5) is 4.79 Å². The van der Waals surface area contributed by atoms with Crippen LogP contribution in [0.2, 0.25) is 0 Å². The van der Waals surface area contributed by atoms with Crippen molar-refractivity contribution in [2.75, 3.05) is 20.3 Å². The van der Waals surface area contributed by atoms with Crippen molar-refractivity contribution in [1.82, 2.24) is 5.32 Å². The largest absolute Gasteiger partial charge is 0.493 e. The lowest BCUT2D eigenvalue weighted by Gasteiger charge is -2.31. The summed E-state index contributed by atoms with van der Waals surface area (Å²) in [7, 11) is 1.69. The molecule has 1 N–H and O–H groups in total. The van der Waals surface area contributed by atoms with E-state index in [1.54, 1.807) is 7.11 Å².